The lowest BCUT2D eigenvalue weighted by atomic mass is 10.1. The number of allylic oxidation sites excluding steroid dienone is 4. The summed E-state index contributed by atoms with van der Waals surface area (Å²) in [6, 6.07) is 0. The zero-order valence-corrected chi connectivity index (χ0v) is 8.01. The van der Waals surface area contributed by atoms with Crippen molar-refractivity contribution in [2.24, 2.45) is 5.92 Å². The third-order valence-electron chi connectivity index (χ3n) is 1.72. The van der Waals surface area contributed by atoms with E-state index in [9.17, 15) is 0 Å². The molecule has 0 fully saturated rings. The summed E-state index contributed by atoms with van der Waals surface area (Å²) in [4.78, 5) is 0. The molecular weight excluding hydrogens is 132 g/mol. The van der Waals surface area contributed by atoms with Gasteiger partial charge >= 0.3 is 0 Å². The molecule has 1 unspecified atom stereocenters. The molecule has 0 aromatic carbocycles. The average Bonchev–Trinajstić information content (AvgIpc) is 1.99. The molecule has 0 aromatic heterocycles. The Labute approximate surface area is 71.0 Å². The molecule has 1 atom stereocenters. The molecule has 0 rings (SSSR count). The highest BCUT2D eigenvalue weighted by Crippen LogP contribution is 2.06. The van der Waals surface area contributed by atoms with Gasteiger partial charge in [-0.1, -0.05) is 44.6 Å². The van der Waals surface area contributed by atoms with Crippen molar-refractivity contribution in [3.05, 3.63) is 24.3 Å². The Balaban J connectivity index is 3.39. The fourth-order valence-electron chi connectivity index (χ4n) is 1.08. The predicted molar refractivity (Wildman–Crippen MR) is 52.6 cm³/mol. The van der Waals surface area contributed by atoms with Crippen molar-refractivity contribution in [1.82, 2.24) is 0 Å². The molecule has 0 saturated carbocycles. The van der Waals surface area contributed by atoms with Gasteiger partial charge in [-0.05, 0) is 25.7 Å². The van der Waals surface area contributed by atoms with E-state index < -0.39 is 0 Å². The molecule has 0 N–H and O–H groups in total. The first-order valence-corrected chi connectivity index (χ1v) is 4.59. The van der Waals surface area contributed by atoms with Crippen LogP contribution in [-0.4, -0.2) is 0 Å². The van der Waals surface area contributed by atoms with Crippen molar-refractivity contribution in [3.63, 3.8) is 0 Å². The molecule has 0 saturated heterocycles. The second-order valence-corrected chi connectivity index (χ2v) is 3.00. The lowest BCUT2D eigenvalue weighted by Crippen LogP contribution is -1.86. The van der Waals surface area contributed by atoms with Crippen LogP contribution in [0, 0.1) is 5.92 Å². The van der Waals surface area contributed by atoms with E-state index in [4.69, 9.17) is 0 Å². The van der Waals surface area contributed by atoms with Crippen LogP contribution >= 0.6 is 0 Å². The fourth-order valence-corrected chi connectivity index (χ4v) is 1.08. The van der Waals surface area contributed by atoms with Gasteiger partial charge in [-0.3, -0.25) is 0 Å². The van der Waals surface area contributed by atoms with E-state index in [-0.39, 0.29) is 0 Å². The molecule has 0 nitrogen and oxygen atoms in total. The summed E-state index contributed by atoms with van der Waals surface area (Å²) < 4.78 is 0. The molecule has 0 spiro atoms. The van der Waals surface area contributed by atoms with E-state index in [1.165, 1.54) is 12.8 Å². The van der Waals surface area contributed by atoms with E-state index >= 15 is 0 Å². The van der Waals surface area contributed by atoms with Gasteiger partial charge in [0.25, 0.3) is 0 Å². The van der Waals surface area contributed by atoms with Gasteiger partial charge in [0.2, 0.25) is 0 Å². The highest BCUT2D eigenvalue weighted by Gasteiger charge is 1.91. The van der Waals surface area contributed by atoms with Crippen molar-refractivity contribution in [2.75, 3.05) is 0 Å². The maximum atomic E-state index is 2.31. The SMILES string of the molecule is CC=CCC=CC(C)CCC. The third-order valence-corrected chi connectivity index (χ3v) is 1.72. The second kappa shape index (κ2) is 7.59. The van der Waals surface area contributed by atoms with Crippen molar-refractivity contribution in [2.45, 2.75) is 40.0 Å². The molecule has 0 aliphatic heterocycles. The van der Waals surface area contributed by atoms with Gasteiger partial charge in [0.1, 0.15) is 0 Å². The van der Waals surface area contributed by atoms with Crippen molar-refractivity contribution >= 4 is 0 Å². The van der Waals surface area contributed by atoms with Crippen molar-refractivity contribution in [1.29, 1.82) is 0 Å². The zero-order chi connectivity index (χ0) is 8.53. The quantitative estimate of drug-likeness (QED) is 0.523. The second-order valence-electron chi connectivity index (χ2n) is 3.00. The van der Waals surface area contributed by atoms with Gasteiger partial charge in [-0.25, -0.2) is 0 Å². The summed E-state index contributed by atoms with van der Waals surface area (Å²) in [6.07, 6.45) is 12.5. The van der Waals surface area contributed by atoms with Gasteiger partial charge in [-0.2, -0.15) is 0 Å². The number of hydrogen-bond acceptors (Lipinski definition) is 0. The summed E-state index contributed by atoms with van der Waals surface area (Å²) in [5.74, 6) is 0.755. The van der Waals surface area contributed by atoms with Crippen molar-refractivity contribution < 1.29 is 0 Å². The summed E-state index contributed by atoms with van der Waals surface area (Å²) in [6.45, 7) is 6.56. The summed E-state index contributed by atoms with van der Waals surface area (Å²) >= 11 is 0. The summed E-state index contributed by atoms with van der Waals surface area (Å²) in [5.41, 5.74) is 0. The van der Waals surface area contributed by atoms with Gasteiger partial charge in [0, 0.05) is 0 Å². The molecule has 0 aliphatic carbocycles. The Morgan fingerprint density at radius 1 is 1.27 bits per heavy atom. The minimum absolute atomic E-state index is 0.755. The first-order valence-electron chi connectivity index (χ1n) is 4.59. The Morgan fingerprint density at radius 2 is 2.00 bits per heavy atom. The highest BCUT2D eigenvalue weighted by atomic mass is 14.0. The lowest BCUT2D eigenvalue weighted by molar-refractivity contribution is 0.633. The first-order chi connectivity index (χ1) is 5.31. The molecule has 0 heteroatoms. The Morgan fingerprint density at radius 3 is 2.55 bits per heavy atom. The molecule has 11 heavy (non-hydrogen) atoms. The standard InChI is InChI=1S/C11H20/c1-4-6-7-8-10-11(3)9-5-2/h4,6,8,10-11H,5,7,9H2,1-3H3. The van der Waals surface area contributed by atoms with Crippen LogP contribution in [0.4, 0.5) is 0 Å². The Hall–Kier alpha value is -0.520. The predicted octanol–water partition coefficient (Wildman–Crippen LogP) is 3.95. The summed E-state index contributed by atoms with van der Waals surface area (Å²) in [5, 5.41) is 0. The van der Waals surface area contributed by atoms with Crippen LogP contribution in [0.1, 0.15) is 40.0 Å². The molecule has 0 aliphatic rings. The molecule has 0 heterocycles. The van der Waals surface area contributed by atoms with Crippen LogP contribution < -0.4 is 0 Å². The van der Waals surface area contributed by atoms with Crippen molar-refractivity contribution in [3.8, 4) is 0 Å². The Kier molecular flexibility index (Phi) is 7.23. The molecular formula is C11H20. The lowest BCUT2D eigenvalue weighted by Gasteiger charge is -2.00. The van der Waals surface area contributed by atoms with Gasteiger partial charge < -0.3 is 0 Å². The maximum absolute atomic E-state index is 2.31. The third kappa shape index (κ3) is 7.38. The number of rotatable bonds is 5. The van der Waals surface area contributed by atoms with Crippen LogP contribution in [0.5, 0.6) is 0 Å². The minimum atomic E-state index is 0.755. The van der Waals surface area contributed by atoms with Crippen LogP contribution in [-0.2, 0) is 0 Å². The molecule has 0 aromatic rings. The fraction of sp³-hybridized carbons (Fsp3) is 0.636. The monoisotopic (exact) mass is 152 g/mol. The van der Waals surface area contributed by atoms with Gasteiger partial charge in [-0.15, -0.1) is 0 Å². The van der Waals surface area contributed by atoms with E-state index in [1.54, 1.807) is 0 Å². The molecule has 64 valence electrons. The first kappa shape index (κ1) is 10.5. The van der Waals surface area contributed by atoms with Gasteiger partial charge in [0.05, 0.1) is 0 Å². The maximum Gasteiger partial charge on any atom is -0.0169 e. The highest BCUT2D eigenvalue weighted by molar-refractivity contribution is 4.93. The average molecular weight is 152 g/mol. The van der Waals surface area contributed by atoms with Gasteiger partial charge in [0.15, 0.2) is 0 Å². The van der Waals surface area contributed by atoms with E-state index in [0.717, 1.165) is 12.3 Å². The smallest absolute Gasteiger partial charge is 0.0169 e. The molecule has 0 bridgehead atoms. The largest absolute Gasteiger partial charge is 0.0914 e. The molecule has 0 radical (unpaired) electrons. The molecule has 0 amide bonds. The van der Waals surface area contributed by atoms with E-state index in [0.29, 0.717) is 0 Å². The van der Waals surface area contributed by atoms with Crippen LogP contribution in [0.15, 0.2) is 24.3 Å². The zero-order valence-electron chi connectivity index (χ0n) is 8.01. The summed E-state index contributed by atoms with van der Waals surface area (Å²) in [7, 11) is 0. The normalized spacial score (nSPS) is 14.8. The minimum Gasteiger partial charge on any atom is -0.0914 e. The van der Waals surface area contributed by atoms with E-state index in [2.05, 4.69) is 45.1 Å². The van der Waals surface area contributed by atoms with Crippen LogP contribution in [0.2, 0.25) is 0 Å². The number of hydrogen-bond donors (Lipinski definition) is 0. The topological polar surface area (TPSA) is 0 Å². The van der Waals surface area contributed by atoms with Crippen LogP contribution in [0.3, 0.4) is 0 Å². The Bertz CT molecular complexity index is 120. The van der Waals surface area contributed by atoms with E-state index in [1.807, 2.05) is 0 Å². The van der Waals surface area contributed by atoms with Crippen LogP contribution in [0.25, 0.3) is 0 Å².